The Hall–Kier alpha value is -0.410. The normalized spacial score (nSPS) is 13.1. The Labute approximate surface area is 95.5 Å². The molecular formula is C6H16ClN3O4S. The summed E-state index contributed by atoms with van der Waals surface area (Å²) in [7, 11) is 0.180. The molecule has 0 saturated heterocycles. The van der Waals surface area contributed by atoms with Gasteiger partial charge in [-0.1, -0.05) is 0 Å². The van der Waals surface area contributed by atoms with E-state index in [2.05, 4.69) is 9.46 Å². The van der Waals surface area contributed by atoms with Crippen molar-refractivity contribution in [2.24, 2.45) is 5.73 Å². The van der Waals surface area contributed by atoms with Crippen molar-refractivity contribution in [3.63, 3.8) is 0 Å². The number of nitrogens with zero attached hydrogens (tertiary/aromatic N) is 1. The molecule has 0 aliphatic carbocycles. The van der Waals surface area contributed by atoms with E-state index in [4.69, 9.17) is 5.73 Å². The summed E-state index contributed by atoms with van der Waals surface area (Å²) in [5.41, 5.74) is 5.21. The number of esters is 1. The van der Waals surface area contributed by atoms with E-state index in [9.17, 15) is 13.2 Å². The van der Waals surface area contributed by atoms with E-state index in [0.29, 0.717) is 0 Å². The van der Waals surface area contributed by atoms with Gasteiger partial charge < -0.3 is 10.5 Å². The molecule has 0 aliphatic rings. The molecule has 1 atom stereocenters. The molecule has 0 fully saturated rings. The van der Waals surface area contributed by atoms with Crippen LogP contribution in [0.2, 0.25) is 0 Å². The molecule has 9 heteroatoms. The van der Waals surface area contributed by atoms with Crippen molar-refractivity contribution in [1.82, 2.24) is 9.03 Å². The summed E-state index contributed by atoms with van der Waals surface area (Å²) in [6, 6.07) is -1.05. The van der Waals surface area contributed by atoms with E-state index in [1.807, 2.05) is 0 Å². The summed E-state index contributed by atoms with van der Waals surface area (Å²) in [5.74, 6) is -0.710. The Morgan fingerprint density at radius 3 is 2.27 bits per heavy atom. The van der Waals surface area contributed by atoms with Crippen LogP contribution in [0.25, 0.3) is 0 Å². The maximum Gasteiger partial charge on any atom is 0.325 e. The van der Waals surface area contributed by atoms with Gasteiger partial charge >= 0.3 is 5.97 Å². The smallest absolute Gasteiger partial charge is 0.325 e. The van der Waals surface area contributed by atoms with Gasteiger partial charge in [0.05, 0.1) is 7.11 Å². The van der Waals surface area contributed by atoms with Crippen LogP contribution in [0.15, 0.2) is 0 Å². The Bertz CT molecular complexity index is 293. The average molecular weight is 262 g/mol. The predicted octanol–water partition coefficient (Wildman–Crippen LogP) is -1.70. The van der Waals surface area contributed by atoms with Crippen LogP contribution in [-0.4, -0.2) is 52.5 Å². The van der Waals surface area contributed by atoms with Gasteiger partial charge in [0.1, 0.15) is 6.04 Å². The van der Waals surface area contributed by atoms with Crippen LogP contribution in [0.1, 0.15) is 0 Å². The fourth-order valence-electron chi connectivity index (χ4n) is 0.620. The van der Waals surface area contributed by atoms with Gasteiger partial charge in [0, 0.05) is 20.6 Å². The third kappa shape index (κ3) is 5.28. The van der Waals surface area contributed by atoms with Gasteiger partial charge in [-0.2, -0.15) is 17.4 Å². The summed E-state index contributed by atoms with van der Waals surface area (Å²) in [5, 5.41) is 0. The number of methoxy groups -OCH3 is 1. The minimum absolute atomic E-state index is 0. The molecule has 0 spiro atoms. The molecule has 0 aromatic carbocycles. The highest BCUT2D eigenvalue weighted by atomic mass is 35.5. The fourth-order valence-corrected chi connectivity index (χ4v) is 1.38. The molecule has 0 aliphatic heterocycles. The summed E-state index contributed by atoms with van der Waals surface area (Å²) >= 11 is 0. The standard InChI is InChI=1S/C6H15N3O4S.ClH/c1-9(2)14(11,12)8-5(4-7)6(10)13-3;/h5,8H,4,7H2,1-3H3;1H/t5-;/m0./s1. The van der Waals surface area contributed by atoms with Crippen LogP contribution in [0, 0.1) is 0 Å². The molecule has 0 rings (SSSR count). The molecule has 0 unspecified atom stereocenters. The maximum absolute atomic E-state index is 11.3. The topological polar surface area (TPSA) is 102 Å². The molecule has 0 radical (unpaired) electrons. The van der Waals surface area contributed by atoms with E-state index in [0.717, 1.165) is 11.4 Å². The van der Waals surface area contributed by atoms with Gasteiger partial charge in [-0.15, -0.1) is 12.4 Å². The Kier molecular flexibility index (Phi) is 7.89. The predicted molar refractivity (Wildman–Crippen MR) is 57.8 cm³/mol. The molecule has 92 valence electrons. The molecule has 0 bridgehead atoms. The lowest BCUT2D eigenvalue weighted by molar-refractivity contribution is -0.142. The molecule has 3 N–H and O–H groups in total. The van der Waals surface area contributed by atoms with Crippen molar-refractivity contribution in [1.29, 1.82) is 0 Å². The third-order valence-electron chi connectivity index (χ3n) is 1.49. The number of carbonyl (C=O) groups is 1. The van der Waals surface area contributed by atoms with Gasteiger partial charge in [-0.05, 0) is 0 Å². The van der Waals surface area contributed by atoms with Crippen molar-refractivity contribution in [2.75, 3.05) is 27.7 Å². The number of ether oxygens (including phenoxy) is 1. The Morgan fingerprint density at radius 1 is 1.53 bits per heavy atom. The van der Waals surface area contributed by atoms with Gasteiger partial charge in [0.15, 0.2) is 0 Å². The molecular weight excluding hydrogens is 246 g/mol. The van der Waals surface area contributed by atoms with E-state index < -0.39 is 22.2 Å². The minimum Gasteiger partial charge on any atom is -0.468 e. The molecule has 15 heavy (non-hydrogen) atoms. The van der Waals surface area contributed by atoms with Gasteiger partial charge in [0.2, 0.25) is 0 Å². The fraction of sp³-hybridized carbons (Fsp3) is 0.833. The van der Waals surface area contributed by atoms with Crippen molar-refractivity contribution in [3.8, 4) is 0 Å². The van der Waals surface area contributed by atoms with Gasteiger partial charge in [0.25, 0.3) is 10.2 Å². The highest BCUT2D eigenvalue weighted by Gasteiger charge is 2.24. The number of nitrogens with two attached hydrogens (primary N) is 1. The lowest BCUT2D eigenvalue weighted by Crippen LogP contribution is -2.49. The summed E-state index contributed by atoms with van der Waals surface area (Å²) < 4.78 is 29.9. The van der Waals surface area contributed by atoms with Crippen LogP contribution in [0.3, 0.4) is 0 Å². The first-order chi connectivity index (χ1) is 6.35. The van der Waals surface area contributed by atoms with Crippen molar-refractivity contribution in [3.05, 3.63) is 0 Å². The summed E-state index contributed by atoms with van der Waals surface area (Å²) in [4.78, 5) is 11.0. The van der Waals surface area contributed by atoms with Crippen LogP contribution in [-0.2, 0) is 19.7 Å². The molecule has 0 heterocycles. The first-order valence-corrected chi connectivity index (χ1v) is 5.26. The highest BCUT2D eigenvalue weighted by molar-refractivity contribution is 7.87. The lowest BCUT2D eigenvalue weighted by atomic mass is 10.3. The largest absolute Gasteiger partial charge is 0.468 e. The zero-order chi connectivity index (χ0) is 11.4. The van der Waals surface area contributed by atoms with E-state index in [-0.39, 0.29) is 19.0 Å². The van der Waals surface area contributed by atoms with Gasteiger partial charge in [-0.3, -0.25) is 4.79 Å². The number of nitrogens with one attached hydrogen (secondary N) is 1. The van der Waals surface area contributed by atoms with Crippen molar-refractivity contribution < 1.29 is 17.9 Å². The Balaban J connectivity index is 0. The monoisotopic (exact) mass is 261 g/mol. The van der Waals surface area contributed by atoms with E-state index in [1.165, 1.54) is 14.1 Å². The van der Waals surface area contributed by atoms with E-state index >= 15 is 0 Å². The zero-order valence-corrected chi connectivity index (χ0v) is 10.4. The second-order valence-corrected chi connectivity index (χ2v) is 4.63. The number of carbonyl (C=O) groups excluding carboxylic acids is 1. The molecule has 7 nitrogen and oxygen atoms in total. The second-order valence-electron chi connectivity index (χ2n) is 2.72. The van der Waals surface area contributed by atoms with Crippen LogP contribution >= 0.6 is 12.4 Å². The molecule has 0 amide bonds. The first-order valence-electron chi connectivity index (χ1n) is 3.82. The second kappa shape index (κ2) is 6.96. The molecule has 0 aromatic heterocycles. The molecule has 0 aromatic rings. The summed E-state index contributed by atoms with van der Waals surface area (Å²) in [6.07, 6.45) is 0. The quantitative estimate of drug-likeness (QED) is 0.575. The van der Waals surface area contributed by atoms with Crippen LogP contribution in [0.4, 0.5) is 0 Å². The first kappa shape index (κ1) is 17.0. The Morgan fingerprint density at radius 2 is 2.00 bits per heavy atom. The number of halogens is 1. The zero-order valence-electron chi connectivity index (χ0n) is 8.76. The van der Waals surface area contributed by atoms with Crippen molar-refractivity contribution in [2.45, 2.75) is 6.04 Å². The lowest BCUT2D eigenvalue weighted by Gasteiger charge is -2.17. The average Bonchev–Trinajstić information content (AvgIpc) is 2.12. The third-order valence-corrected chi connectivity index (χ3v) is 3.04. The van der Waals surface area contributed by atoms with E-state index in [1.54, 1.807) is 0 Å². The minimum atomic E-state index is -3.66. The maximum atomic E-state index is 11.3. The number of hydrogen-bond acceptors (Lipinski definition) is 5. The summed E-state index contributed by atoms with van der Waals surface area (Å²) in [6.45, 7) is -0.153. The number of hydrogen-bond donors (Lipinski definition) is 2. The number of rotatable bonds is 5. The van der Waals surface area contributed by atoms with Crippen LogP contribution < -0.4 is 10.5 Å². The highest BCUT2D eigenvalue weighted by Crippen LogP contribution is 1.93. The van der Waals surface area contributed by atoms with Gasteiger partial charge in [-0.25, -0.2) is 0 Å². The van der Waals surface area contributed by atoms with Crippen LogP contribution in [0.5, 0.6) is 0 Å². The SMILES string of the molecule is COC(=O)[C@H](CN)NS(=O)(=O)N(C)C.Cl. The molecule has 0 saturated carbocycles. The van der Waals surface area contributed by atoms with Crippen molar-refractivity contribution >= 4 is 28.6 Å².